The number of halogens is 1. The standard InChI is InChI=1S/C11H14N2O.ClH/c1-2-3-8-4-5-10-9(6-7-14-10)11(12)13-8;/h2,6-8H,1,3-5H2,(H2,12,13);1H. The molecule has 0 spiro atoms. The van der Waals surface area contributed by atoms with Crippen molar-refractivity contribution in [3.05, 3.63) is 36.3 Å². The molecule has 0 bridgehead atoms. The first kappa shape index (κ1) is 11.9. The van der Waals surface area contributed by atoms with Crippen LogP contribution in [0.5, 0.6) is 0 Å². The monoisotopic (exact) mass is 226 g/mol. The normalized spacial score (nSPS) is 19.5. The third-order valence-electron chi connectivity index (χ3n) is 2.49. The molecule has 1 aliphatic heterocycles. The van der Waals surface area contributed by atoms with Gasteiger partial charge in [0.25, 0.3) is 0 Å². The van der Waals surface area contributed by atoms with Gasteiger partial charge in [-0.15, -0.1) is 19.0 Å². The number of rotatable bonds is 2. The van der Waals surface area contributed by atoms with Gasteiger partial charge >= 0.3 is 0 Å². The van der Waals surface area contributed by atoms with Crippen molar-refractivity contribution in [2.24, 2.45) is 10.7 Å². The van der Waals surface area contributed by atoms with Gasteiger partial charge in [0.05, 0.1) is 17.9 Å². The highest BCUT2D eigenvalue weighted by Crippen LogP contribution is 2.20. The van der Waals surface area contributed by atoms with Gasteiger partial charge in [0, 0.05) is 6.42 Å². The van der Waals surface area contributed by atoms with Gasteiger partial charge in [0.15, 0.2) is 0 Å². The Bertz CT molecular complexity index is 370. The molecule has 1 unspecified atom stereocenters. The Balaban J connectivity index is 0.00000112. The number of hydrogen-bond acceptors (Lipinski definition) is 3. The SMILES string of the molecule is C=CCC1CCc2occc2C(N)=N1.Cl. The summed E-state index contributed by atoms with van der Waals surface area (Å²) in [6, 6.07) is 2.14. The highest BCUT2D eigenvalue weighted by molar-refractivity contribution is 5.98. The average Bonchev–Trinajstić information content (AvgIpc) is 2.57. The maximum Gasteiger partial charge on any atom is 0.129 e. The van der Waals surface area contributed by atoms with E-state index in [4.69, 9.17) is 10.2 Å². The molecule has 2 N–H and O–H groups in total. The number of nitrogens with zero attached hydrogens (tertiary/aromatic N) is 1. The zero-order chi connectivity index (χ0) is 9.97. The first-order valence-corrected chi connectivity index (χ1v) is 4.82. The fraction of sp³-hybridized carbons (Fsp3) is 0.364. The minimum atomic E-state index is 0. The molecule has 0 aromatic carbocycles. The van der Waals surface area contributed by atoms with Crippen molar-refractivity contribution in [2.45, 2.75) is 25.3 Å². The third-order valence-corrected chi connectivity index (χ3v) is 2.49. The number of amidine groups is 1. The number of nitrogens with two attached hydrogens (primary N) is 1. The van der Waals surface area contributed by atoms with E-state index < -0.39 is 0 Å². The maximum absolute atomic E-state index is 5.87. The Morgan fingerprint density at radius 3 is 3.20 bits per heavy atom. The van der Waals surface area contributed by atoms with Gasteiger partial charge in [0.2, 0.25) is 0 Å². The van der Waals surface area contributed by atoms with Crippen LogP contribution in [0, 0.1) is 0 Å². The summed E-state index contributed by atoms with van der Waals surface area (Å²) in [6.07, 6.45) is 6.32. The summed E-state index contributed by atoms with van der Waals surface area (Å²) < 4.78 is 5.35. The Labute approximate surface area is 95.5 Å². The van der Waals surface area contributed by atoms with Crippen molar-refractivity contribution in [1.82, 2.24) is 0 Å². The lowest BCUT2D eigenvalue weighted by molar-refractivity contribution is 0.489. The topological polar surface area (TPSA) is 51.5 Å². The molecule has 82 valence electrons. The lowest BCUT2D eigenvalue weighted by Crippen LogP contribution is -2.15. The zero-order valence-electron chi connectivity index (χ0n) is 8.48. The summed E-state index contributed by atoms with van der Waals surface area (Å²) in [5.74, 6) is 1.55. The number of fused-ring (bicyclic) bond motifs is 1. The van der Waals surface area contributed by atoms with Gasteiger partial charge in [-0.2, -0.15) is 0 Å². The number of aryl methyl sites for hydroxylation is 1. The highest BCUT2D eigenvalue weighted by atomic mass is 35.5. The van der Waals surface area contributed by atoms with Gasteiger partial charge < -0.3 is 10.2 Å². The molecule has 0 saturated carbocycles. The summed E-state index contributed by atoms with van der Waals surface area (Å²) in [6.45, 7) is 3.71. The van der Waals surface area contributed by atoms with Crippen molar-refractivity contribution in [3.8, 4) is 0 Å². The van der Waals surface area contributed by atoms with Crippen LogP contribution in [0.1, 0.15) is 24.2 Å². The van der Waals surface area contributed by atoms with E-state index in [1.807, 2.05) is 12.1 Å². The molecule has 0 fully saturated rings. The lowest BCUT2D eigenvalue weighted by atomic mass is 10.1. The molecular weight excluding hydrogens is 212 g/mol. The van der Waals surface area contributed by atoms with Gasteiger partial charge in [0.1, 0.15) is 11.6 Å². The second-order valence-corrected chi connectivity index (χ2v) is 3.49. The molecule has 0 saturated heterocycles. The molecule has 0 aliphatic carbocycles. The summed E-state index contributed by atoms with van der Waals surface area (Å²) in [5, 5.41) is 0. The van der Waals surface area contributed by atoms with Gasteiger partial charge in [-0.1, -0.05) is 6.08 Å². The molecule has 1 atom stereocenters. The van der Waals surface area contributed by atoms with E-state index in [0.717, 1.165) is 30.6 Å². The molecule has 1 aromatic heterocycles. The summed E-state index contributed by atoms with van der Waals surface area (Å²) in [4.78, 5) is 4.44. The zero-order valence-corrected chi connectivity index (χ0v) is 9.30. The smallest absolute Gasteiger partial charge is 0.129 e. The van der Waals surface area contributed by atoms with E-state index in [2.05, 4.69) is 11.6 Å². The highest BCUT2D eigenvalue weighted by Gasteiger charge is 2.17. The van der Waals surface area contributed by atoms with Crippen molar-refractivity contribution in [1.29, 1.82) is 0 Å². The second-order valence-electron chi connectivity index (χ2n) is 3.49. The van der Waals surface area contributed by atoms with Crippen LogP contribution in [0.2, 0.25) is 0 Å². The number of aliphatic imine (C=N–C) groups is 1. The van der Waals surface area contributed by atoms with E-state index >= 15 is 0 Å². The Morgan fingerprint density at radius 2 is 2.47 bits per heavy atom. The molecule has 1 aliphatic rings. The third kappa shape index (κ3) is 2.42. The molecule has 0 radical (unpaired) electrons. The summed E-state index contributed by atoms with van der Waals surface area (Å²) in [5.41, 5.74) is 6.82. The molecule has 15 heavy (non-hydrogen) atoms. The van der Waals surface area contributed by atoms with E-state index in [1.165, 1.54) is 0 Å². The van der Waals surface area contributed by atoms with Crippen LogP contribution in [0.4, 0.5) is 0 Å². The van der Waals surface area contributed by atoms with Crippen LogP contribution >= 0.6 is 12.4 Å². The predicted octanol–water partition coefficient (Wildman–Crippen LogP) is 2.30. The largest absolute Gasteiger partial charge is 0.469 e. The quantitative estimate of drug-likeness (QED) is 0.787. The first-order chi connectivity index (χ1) is 6.81. The molecule has 2 rings (SSSR count). The van der Waals surface area contributed by atoms with Crippen molar-refractivity contribution in [3.63, 3.8) is 0 Å². The Morgan fingerprint density at radius 1 is 1.67 bits per heavy atom. The maximum atomic E-state index is 5.87. The first-order valence-electron chi connectivity index (χ1n) is 4.82. The van der Waals surface area contributed by atoms with Gasteiger partial charge in [-0.3, -0.25) is 4.99 Å². The summed E-state index contributed by atoms with van der Waals surface area (Å²) in [7, 11) is 0. The van der Waals surface area contributed by atoms with E-state index in [-0.39, 0.29) is 18.4 Å². The lowest BCUT2D eigenvalue weighted by Gasteiger charge is -2.06. The minimum absolute atomic E-state index is 0. The fourth-order valence-electron chi connectivity index (χ4n) is 1.75. The van der Waals surface area contributed by atoms with Crippen LogP contribution in [-0.4, -0.2) is 11.9 Å². The van der Waals surface area contributed by atoms with Gasteiger partial charge in [-0.25, -0.2) is 0 Å². The van der Waals surface area contributed by atoms with E-state index in [0.29, 0.717) is 5.84 Å². The van der Waals surface area contributed by atoms with Crippen LogP contribution in [0.3, 0.4) is 0 Å². The Hall–Kier alpha value is -1.22. The molecule has 4 heteroatoms. The molecular formula is C11H15ClN2O. The van der Waals surface area contributed by atoms with Crippen LogP contribution in [0.15, 0.2) is 34.4 Å². The predicted molar refractivity (Wildman–Crippen MR) is 63.6 cm³/mol. The number of hydrogen-bond donors (Lipinski definition) is 1. The number of furan rings is 1. The molecule has 3 nitrogen and oxygen atoms in total. The van der Waals surface area contributed by atoms with E-state index in [9.17, 15) is 0 Å². The van der Waals surface area contributed by atoms with Crippen molar-refractivity contribution >= 4 is 18.2 Å². The second kappa shape index (κ2) is 5.03. The Kier molecular flexibility index (Phi) is 3.97. The molecule has 1 aromatic rings. The molecule has 0 amide bonds. The van der Waals surface area contributed by atoms with Crippen molar-refractivity contribution in [2.75, 3.05) is 0 Å². The van der Waals surface area contributed by atoms with Crippen LogP contribution in [-0.2, 0) is 6.42 Å². The molecule has 2 heterocycles. The van der Waals surface area contributed by atoms with Crippen molar-refractivity contribution < 1.29 is 4.42 Å². The van der Waals surface area contributed by atoms with Crippen LogP contribution in [0.25, 0.3) is 0 Å². The average molecular weight is 227 g/mol. The van der Waals surface area contributed by atoms with E-state index in [1.54, 1.807) is 6.26 Å². The van der Waals surface area contributed by atoms with Gasteiger partial charge in [-0.05, 0) is 18.9 Å². The van der Waals surface area contributed by atoms with Crippen LogP contribution < -0.4 is 5.73 Å². The minimum Gasteiger partial charge on any atom is -0.469 e. The fourth-order valence-corrected chi connectivity index (χ4v) is 1.75. The summed E-state index contributed by atoms with van der Waals surface area (Å²) >= 11 is 0.